The van der Waals surface area contributed by atoms with Gasteiger partial charge in [-0.05, 0) is 24.3 Å². The number of hydrogen-bond donors (Lipinski definition) is 2. The normalized spacial score (nSPS) is 9.90. The second-order valence-electron chi connectivity index (χ2n) is 4.54. The number of amides is 2. The van der Waals surface area contributed by atoms with Crippen LogP contribution in [0.25, 0.3) is 0 Å². The van der Waals surface area contributed by atoms with E-state index in [1.165, 1.54) is 0 Å². The van der Waals surface area contributed by atoms with Crippen molar-refractivity contribution in [2.45, 2.75) is 6.54 Å². The Balaban J connectivity index is 1.95. The molecule has 20 heavy (non-hydrogen) atoms. The van der Waals surface area contributed by atoms with Crippen molar-refractivity contribution in [3.05, 3.63) is 54.4 Å². The van der Waals surface area contributed by atoms with Gasteiger partial charge >= 0.3 is 6.03 Å². The molecule has 2 N–H and O–H groups in total. The van der Waals surface area contributed by atoms with Crippen molar-refractivity contribution in [1.82, 2.24) is 10.3 Å². The number of aromatic nitrogens is 1. The highest BCUT2D eigenvalue weighted by molar-refractivity contribution is 5.93. The van der Waals surface area contributed by atoms with Crippen molar-refractivity contribution in [2.24, 2.45) is 0 Å². The molecule has 0 bridgehead atoms. The largest absolute Gasteiger partial charge is 0.376 e. The van der Waals surface area contributed by atoms with Crippen molar-refractivity contribution >= 4 is 17.4 Å². The quantitative estimate of drug-likeness (QED) is 0.897. The van der Waals surface area contributed by atoms with Gasteiger partial charge in [-0.3, -0.25) is 4.98 Å². The van der Waals surface area contributed by atoms with Gasteiger partial charge in [-0.2, -0.15) is 0 Å². The third-order valence-electron chi connectivity index (χ3n) is 2.79. The average Bonchev–Trinajstić information content (AvgIpc) is 2.46. The summed E-state index contributed by atoms with van der Waals surface area (Å²) in [5.41, 5.74) is 2.56. The molecule has 2 rings (SSSR count). The standard InChI is InChI=1S/C15H18N4O/c1-19(2)14-9-4-3-8-13(14)18-15(20)17-11-12-7-5-6-10-16-12/h3-10H,11H2,1-2H3,(H2,17,18,20). The summed E-state index contributed by atoms with van der Waals surface area (Å²) in [7, 11) is 3.87. The summed E-state index contributed by atoms with van der Waals surface area (Å²) >= 11 is 0. The van der Waals surface area contributed by atoms with Crippen LogP contribution in [-0.4, -0.2) is 25.1 Å². The van der Waals surface area contributed by atoms with Gasteiger partial charge in [-0.15, -0.1) is 0 Å². The summed E-state index contributed by atoms with van der Waals surface area (Å²) in [6, 6.07) is 13.0. The topological polar surface area (TPSA) is 57.3 Å². The second kappa shape index (κ2) is 6.56. The molecule has 0 radical (unpaired) electrons. The fourth-order valence-corrected chi connectivity index (χ4v) is 1.81. The number of nitrogens with zero attached hydrogens (tertiary/aromatic N) is 2. The van der Waals surface area contributed by atoms with E-state index in [0.717, 1.165) is 17.1 Å². The highest BCUT2D eigenvalue weighted by atomic mass is 16.2. The Kier molecular flexibility index (Phi) is 4.55. The molecule has 1 heterocycles. The van der Waals surface area contributed by atoms with Gasteiger partial charge in [0.2, 0.25) is 0 Å². The average molecular weight is 270 g/mol. The molecule has 0 aliphatic heterocycles. The Morgan fingerprint density at radius 1 is 1.15 bits per heavy atom. The molecule has 5 nitrogen and oxygen atoms in total. The van der Waals surface area contributed by atoms with Crippen molar-refractivity contribution in [1.29, 1.82) is 0 Å². The molecule has 0 saturated carbocycles. The number of anilines is 2. The monoisotopic (exact) mass is 270 g/mol. The highest BCUT2D eigenvalue weighted by Crippen LogP contribution is 2.23. The van der Waals surface area contributed by atoms with E-state index in [4.69, 9.17) is 0 Å². The maximum Gasteiger partial charge on any atom is 0.319 e. The second-order valence-corrected chi connectivity index (χ2v) is 4.54. The van der Waals surface area contributed by atoms with E-state index in [1.807, 2.05) is 61.5 Å². The predicted octanol–water partition coefficient (Wildman–Crippen LogP) is 2.47. The number of para-hydroxylation sites is 2. The van der Waals surface area contributed by atoms with Crippen LogP contribution in [0.2, 0.25) is 0 Å². The number of hydrogen-bond acceptors (Lipinski definition) is 3. The zero-order chi connectivity index (χ0) is 14.4. The number of rotatable bonds is 4. The van der Waals surface area contributed by atoms with Crippen molar-refractivity contribution in [3.8, 4) is 0 Å². The van der Waals surface area contributed by atoms with Gasteiger partial charge in [-0.25, -0.2) is 4.79 Å². The number of nitrogens with one attached hydrogen (secondary N) is 2. The molecule has 0 fully saturated rings. The molecule has 0 unspecified atom stereocenters. The third kappa shape index (κ3) is 3.71. The Hall–Kier alpha value is -2.56. The SMILES string of the molecule is CN(C)c1ccccc1NC(=O)NCc1ccccn1. The fraction of sp³-hybridized carbons (Fsp3) is 0.200. The molecule has 1 aromatic heterocycles. The van der Waals surface area contributed by atoms with E-state index in [0.29, 0.717) is 6.54 Å². The van der Waals surface area contributed by atoms with E-state index in [9.17, 15) is 4.79 Å². The van der Waals surface area contributed by atoms with E-state index in [1.54, 1.807) is 6.20 Å². The molecular formula is C15H18N4O. The lowest BCUT2D eigenvalue weighted by atomic mass is 10.2. The van der Waals surface area contributed by atoms with Gasteiger partial charge in [0.05, 0.1) is 23.6 Å². The van der Waals surface area contributed by atoms with E-state index in [2.05, 4.69) is 15.6 Å². The molecular weight excluding hydrogens is 252 g/mol. The summed E-state index contributed by atoms with van der Waals surface area (Å²) < 4.78 is 0. The van der Waals surface area contributed by atoms with Gasteiger partial charge in [0.25, 0.3) is 0 Å². The van der Waals surface area contributed by atoms with Crippen LogP contribution in [0.3, 0.4) is 0 Å². The first-order chi connectivity index (χ1) is 9.66. The number of pyridine rings is 1. The van der Waals surface area contributed by atoms with Crippen LogP contribution >= 0.6 is 0 Å². The molecule has 104 valence electrons. The lowest BCUT2D eigenvalue weighted by Crippen LogP contribution is -2.29. The smallest absolute Gasteiger partial charge is 0.319 e. The molecule has 0 aliphatic carbocycles. The lowest BCUT2D eigenvalue weighted by Gasteiger charge is -2.17. The summed E-state index contributed by atoms with van der Waals surface area (Å²) in [6.45, 7) is 0.400. The van der Waals surface area contributed by atoms with Crippen LogP contribution in [0.5, 0.6) is 0 Å². The zero-order valence-corrected chi connectivity index (χ0v) is 11.6. The summed E-state index contributed by atoms with van der Waals surface area (Å²) in [5, 5.41) is 5.63. The zero-order valence-electron chi connectivity index (χ0n) is 11.6. The molecule has 5 heteroatoms. The van der Waals surface area contributed by atoms with Crippen LogP contribution in [-0.2, 0) is 6.54 Å². The van der Waals surface area contributed by atoms with Crippen LogP contribution in [0, 0.1) is 0 Å². The van der Waals surface area contributed by atoms with Gasteiger partial charge in [0, 0.05) is 20.3 Å². The van der Waals surface area contributed by atoms with Crippen molar-refractivity contribution < 1.29 is 4.79 Å². The Labute approximate surface area is 118 Å². The van der Waals surface area contributed by atoms with Gasteiger partial charge < -0.3 is 15.5 Å². The number of benzene rings is 1. The van der Waals surface area contributed by atoms with Crippen molar-refractivity contribution in [2.75, 3.05) is 24.3 Å². The van der Waals surface area contributed by atoms with E-state index >= 15 is 0 Å². The molecule has 0 aliphatic rings. The molecule has 0 saturated heterocycles. The molecule has 2 aromatic rings. The van der Waals surface area contributed by atoms with Crippen molar-refractivity contribution in [3.63, 3.8) is 0 Å². The Morgan fingerprint density at radius 2 is 1.90 bits per heavy atom. The number of urea groups is 1. The summed E-state index contributed by atoms with van der Waals surface area (Å²) in [4.78, 5) is 18.0. The molecule has 2 amide bonds. The number of carbonyl (C=O) groups excluding carboxylic acids is 1. The minimum Gasteiger partial charge on any atom is -0.376 e. The lowest BCUT2D eigenvalue weighted by molar-refractivity contribution is 0.251. The maximum atomic E-state index is 11.9. The van der Waals surface area contributed by atoms with Gasteiger partial charge in [0.15, 0.2) is 0 Å². The van der Waals surface area contributed by atoms with Crippen LogP contribution in [0.4, 0.5) is 16.2 Å². The first-order valence-corrected chi connectivity index (χ1v) is 6.38. The summed E-state index contributed by atoms with van der Waals surface area (Å²) in [6.07, 6.45) is 1.70. The fourth-order valence-electron chi connectivity index (χ4n) is 1.81. The van der Waals surface area contributed by atoms with E-state index in [-0.39, 0.29) is 6.03 Å². The van der Waals surface area contributed by atoms with Gasteiger partial charge in [0.1, 0.15) is 0 Å². The van der Waals surface area contributed by atoms with E-state index < -0.39 is 0 Å². The van der Waals surface area contributed by atoms with Crippen LogP contribution < -0.4 is 15.5 Å². The number of carbonyl (C=O) groups is 1. The molecule has 0 atom stereocenters. The maximum absolute atomic E-state index is 11.9. The third-order valence-corrected chi connectivity index (χ3v) is 2.79. The van der Waals surface area contributed by atoms with Gasteiger partial charge in [-0.1, -0.05) is 18.2 Å². The Morgan fingerprint density at radius 3 is 2.60 bits per heavy atom. The predicted molar refractivity (Wildman–Crippen MR) is 80.9 cm³/mol. The first kappa shape index (κ1) is 13.9. The molecule has 0 spiro atoms. The highest BCUT2D eigenvalue weighted by Gasteiger charge is 2.07. The molecule has 1 aromatic carbocycles. The minimum atomic E-state index is -0.245. The Bertz CT molecular complexity index is 569. The van der Waals surface area contributed by atoms with Crippen LogP contribution in [0.1, 0.15) is 5.69 Å². The minimum absolute atomic E-state index is 0.245. The first-order valence-electron chi connectivity index (χ1n) is 6.38. The summed E-state index contributed by atoms with van der Waals surface area (Å²) in [5.74, 6) is 0. The van der Waals surface area contributed by atoms with Crippen LogP contribution in [0.15, 0.2) is 48.7 Å².